The minimum absolute atomic E-state index is 0.0991. The number of benzene rings is 2. The molecule has 132 valence electrons. The van der Waals surface area contributed by atoms with Crippen molar-refractivity contribution in [3.63, 3.8) is 0 Å². The Labute approximate surface area is 147 Å². The lowest BCUT2D eigenvalue weighted by molar-refractivity contribution is -0.130. The first-order chi connectivity index (χ1) is 12.1. The maximum Gasteiger partial charge on any atom is 0.336 e. The minimum atomic E-state index is -1.07. The van der Waals surface area contributed by atoms with Crippen LogP contribution in [0.3, 0.4) is 0 Å². The third-order valence-corrected chi connectivity index (χ3v) is 3.86. The lowest BCUT2D eigenvalue weighted by Gasteiger charge is -2.10. The average Bonchev–Trinajstić information content (AvgIpc) is 2.61. The zero-order chi connectivity index (χ0) is 18.1. The van der Waals surface area contributed by atoms with E-state index < -0.39 is 11.8 Å². The number of unbranched alkanes of at least 4 members (excludes halogenated alkanes) is 3. The van der Waals surface area contributed by atoms with E-state index in [-0.39, 0.29) is 5.57 Å². The summed E-state index contributed by atoms with van der Waals surface area (Å²) in [5, 5.41) is 9.52. The second-order valence-corrected chi connectivity index (χ2v) is 5.82. The Bertz CT molecular complexity index is 720. The van der Waals surface area contributed by atoms with Crippen LogP contribution in [0.15, 0.2) is 48.5 Å². The predicted octanol–water partition coefficient (Wildman–Crippen LogP) is 5.41. The van der Waals surface area contributed by atoms with Gasteiger partial charge in [-0.15, -0.1) is 0 Å². The Morgan fingerprint density at radius 3 is 2.48 bits per heavy atom. The van der Waals surface area contributed by atoms with E-state index in [2.05, 4.69) is 6.92 Å². The Morgan fingerprint density at radius 2 is 1.80 bits per heavy atom. The summed E-state index contributed by atoms with van der Waals surface area (Å²) in [4.78, 5) is 11.6. The van der Waals surface area contributed by atoms with Gasteiger partial charge in [-0.05, 0) is 36.3 Å². The van der Waals surface area contributed by atoms with Crippen LogP contribution in [0, 0.1) is 5.82 Å². The minimum Gasteiger partial charge on any atom is -0.493 e. The fraction of sp³-hybridized carbons (Fsp3) is 0.286. The van der Waals surface area contributed by atoms with Gasteiger partial charge in [0.05, 0.1) is 12.2 Å². The zero-order valence-electron chi connectivity index (χ0n) is 14.4. The molecule has 0 unspecified atom stereocenters. The van der Waals surface area contributed by atoms with Gasteiger partial charge in [-0.3, -0.25) is 0 Å². The average molecular weight is 342 g/mol. The van der Waals surface area contributed by atoms with Crippen LogP contribution in [0.5, 0.6) is 5.75 Å². The van der Waals surface area contributed by atoms with Crippen molar-refractivity contribution in [3.05, 3.63) is 65.5 Å². The number of rotatable bonds is 9. The van der Waals surface area contributed by atoms with Crippen LogP contribution in [0.1, 0.15) is 43.7 Å². The van der Waals surface area contributed by atoms with Crippen LogP contribution in [0.2, 0.25) is 0 Å². The second kappa shape index (κ2) is 9.62. The maximum atomic E-state index is 13.1. The predicted molar refractivity (Wildman–Crippen MR) is 98.0 cm³/mol. The highest BCUT2D eigenvalue weighted by Gasteiger charge is 2.12. The summed E-state index contributed by atoms with van der Waals surface area (Å²) in [5.41, 5.74) is 1.24. The molecular formula is C21H23FO3. The molecule has 0 radical (unpaired) electrons. The molecule has 3 nitrogen and oxygen atoms in total. The van der Waals surface area contributed by atoms with Gasteiger partial charge in [0.1, 0.15) is 11.6 Å². The van der Waals surface area contributed by atoms with Crippen molar-refractivity contribution in [1.29, 1.82) is 0 Å². The molecule has 0 amide bonds. The summed E-state index contributed by atoms with van der Waals surface area (Å²) in [5.74, 6) is -0.812. The SMILES string of the molecule is CCCCCCOc1ccccc1/C=C(\C(=O)O)c1ccc(F)cc1. The van der Waals surface area contributed by atoms with E-state index in [4.69, 9.17) is 4.74 Å². The number of hydrogen-bond donors (Lipinski definition) is 1. The number of carboxylic acids is 1. The Balaban J connectivity index is 2.21. The van der Waals surface area contributed by atoms with E-state index in [1.807, 2.05) is 24.3 Å². The lowest BCUT2D eigenvalue weighted by Crippen LogP contribution is -2.02. The van der Waals surface area contributed by atoms with Crippen LogP contribution in [-0.2, 0) is 4.79 Å². The molecule has 0 spiro atoms. The van der Waals surface area contributed by atoms with Gasteiger partial charge in [-0.25, -0.2) is 9.18 Å². The first kappa shape index (κ1) is 18.7. The Hall–Kier alpha value is -2.62. The summed E-state index contributed by atoms with van der Waals surface area (Å²) in [7, 11) is 0. The summed E-state index contributed by atoms with van der Waals surface area (Å²) in [6.07, 6.45) is 5.99. The first-order valence-electron chi connectivity index (χ1n) is 8.54. The highest BCUT2D eigenvalue weighted by molar-refractivity contribution is 6.20. The molecule has 2 aromatic carbocycles. The van der Waals surface area contributed by atoms with E-state index in [0.717, 1.165) is 12.8 Å². The Morgan fingerprint density at radius 1 is 1.08 bits per heavy atom. The standard InChI is InChI=1S/C21H23FO3/c1-2-3-4-7-14-25-20-9-6-5-8-17(20)15-19(21(23)24)16-10-12-18(22)13-11-16/h5-6,8-13,15H,2-4,7,14H2,1H3,(H,23,24)/b19-15-. The second-order valence-electron chi connectivity index (χ2n) is 5.82. The highest BCUT2D eigenvalue weighted by atomic mass is 19.1. The molecule has 2 rings (SSSR count). The van der Waals surface area contributed by atoms with Crippen molar-refractivity contribution in [3.8, 4) is 5.75 Å². The largest absolute Gasteiger partial charge is 0.493 e. The van der Waals surface area contributed by atoms with Gasteiger partial charge in [0.15, 0.2) is 0 Å². The molecule has 0 fully saturated rings. The molecule has 0 heterocycles. The number of carboxylic acid groups (broad SMARTS) is 1. The van der Waals surface area contributed by atoms with Crippen LogP contribution < -0.4 is 4.74 Å². The number of carbonyl (C=O) groups is 1. The van der Waals surface area contributed by atoms with Gasteiger partial charge >= 0.3 is 5.97 Å². The molecule has 2 aromatic rings. The van der Waals surface area contributed by atoms with Gasteiger partial charge in [0.25, 0.3) is 0 Å². The molecule has 0 bridgehead atoms. The summed E-state index contributed by atoms with van der Waals surface area (Å²) in [6.45, 7) is 2.76. The van der Waals surface area contributed by atoms with Crippen molar-refractivity contribution in [2.75, 3.05) is 6.61 Å². The van der Waals surface area contributed by atoms with Crippen molar-refractivity contribution >= 4 is 17.6 Å². The van der Waals surface area contributed by atoms with Crippen molar-refractivity contribution < 1.29 is 19.0 Å². The van der Waals surface area contributed by atoms with E-state index in [0.29, 0.717) is 23.5 Å². The molecule has 0 aliphatic rings. The van der Waals surface area contributed by atoms with Crippen LogP contribution in [-0.4, -0.2) is 17.7 Å². The lowest BCUT2D eigenvalue weighted by atomic mass is 10.0. The molecule has 0 aromatic heterocycles. The molecule has 0 aliphatic heterocycles. The van der Waals surface area contributed by atoms with E-state index in [9.17, 15) is 14.3 Å². The topological polar surface area (TPSA) is 46.5 Å². The summed E-state index contributed by atoms with van der Waals surface area (Å²) >= 11 is 0. The number of para-hydroxylation sites is 1. The molecule has 0 aliphatic carbocycles. The highest BCUT2D eigenvalue weighted by Crippen LogP contribution is 2.25. The van der Waals surface area contributed by atoms with Crippen LogP contribution >= 0.6 is 0 Å². The fourth-order valence-corrected chi connectivity index (χ4v) is 2.50. The molecule has 4 heteroatoms. The Kier molecular flexibility index (Phi) is 7.20. The van der Waals surface area contributed by atoms with E-state index in [1.165, 1.54) is 37.1 Å². The quantitative estimate of drug-likeness (QED) is 0.376. The molecule has 1 N–H and O–H groups in total. The normalized spacial score (nSPS) is 11.4. The molecule has 0 atom stereocenters. The number of aliphatic carboxylic acids is 1. The first-order valence-corrected chi connectivity index (χ1v) is 8.54. The van der Waals surface area contributed by atoms with E-state index >= 15 is 0 Å². The monoisotopic (exact) mass is 342 g/mol. The fourth-order valence-electron chi connectivity index (χ4n) is 2.50. The third-order valence-electron chi connectivity index (χ3n) is 3.86. The van der Waals surface area contributed by atoms with Crippen molar-refractivity contribution in [2.45, 2.75) is 32.6 Å². The molecule has 0 saturated carbocycles. The molecule has 0 saturated heterocycles. The third kappa shape index (κ3) is 5.75. The summed E-state index contributed by atoms with van der Waals surface area (Å²) in [6, 6.07) is 12.8. The smallest absolute Gasteiger partial charge is 0.336 e. The van der Waals surface area contributed by atoms with Crippen LogP contribution in [0.25, 0.3) is 11.6 Å². The van der Waals surface area contributed by atoms with Crippen LogP contribution in [0.4, 0.5) is 4.39 Å². The molecular weight excluding hydrogens is 319 g/mol. The van der Waals surface area contributed by atoms with Crippen molar-refractivity contribution in [2.24, 2.45) is 0 Å². The van der Waals surface area contributed by atoms with Crippen molar-refractivity contribution in [1.82, 2.24) is 0 Å². The van der Waals surface area contributed by atoms with Gasteiger partial charge in [0.2, 0.25) is 0 Å². The van der Waals surface area contributed by atoms with E-state index in [1.54, 1.807) is 6.08 Å². The number of ether oxygens (including phenoxy) is 1. The maximum absolute atomic E-state index is 13.1. The van der Waals surface area contributed by atoms with Gasteiger partial charge < -0.3 is 9.84 Å². The number of hydrogen-bond acceptors (Lipinski definition) is 2. The van der Waals surface area contributed by atoms with Gasteiger partial charge in [0, 0.05) is 5.56 Å². The number of halogens is 1. The van der Waals surface area contributed by atoms with Gasteiger partial charge in [-0.2, -0.15) is 0 Å². The zero-order valence-corrected chi connectivity index (χ0v) is 14.4. The summed E-state index contributed by atoms with van der Waals surface area (Å²) < 4.78 is 18.9. The van der Waals surface area contributed by atoms with Gasteiger partial charge in [-0.1, -0.05) is 56.5 Å². The molecule has 25 heavy (non-hydrogen) atoms.